The first-order valence-electron chi connectivity index (χ1n) is 9.24. The average Bonchev–Trinajstić information content (AvgIpc) is 3.03. The van der Waals surface area contributed by atoms with Crippen LogP contribution in [0.15, 0.2) is 10.7 Å². The lowest BCUT2D eigenvalue weighted by atomic mass is 9.83. The summed E-state index contributed by atoms with van der Waals surface area (Å²) in [6.45, 7) is 8.55. The minimum atomic E-state index is 0.316. The third kappa shape index (κ3) is 3.81. The van der Waals surface area contributed by atoms with Crippen LogP contribution in [0, 0.1) is 5.92 Å². The van der Waals surface area contributed by atoms with E-state index in [0.29, 0.717) is 36.8 Å². The van der Waals surface area contributed by atoms with E-state index in [1.54, 1.807) is 6.26 Å². The fourth-order valence-electron chi connectivity index (χ4n) is 4.01. The first-order chi connectivity index (χ1) is 11.6. The molecule has 2 atom stereocenters. The van der Waals surface area contributed by atoms with Crippen molar-refractivity contribution >= 4 is 5.91 Å². The van der Waals surface area contributed by atoms with Crippen LogP contribution in [0.25, 0.3) is 0 Å². The normalized spacial score (nSPS) is 25.3. The van der Waals surface area contributed by atoms with Gasteiger partial charge in [0.2, 0.25) is 5.91 Å². The lowest BCUT2D eigenvalue weighted by molar-refractivity contribution is -0.141. The van der Waals surface area contributed by atoms with Crippen LogP contribution >= 0.6 is 0 Å². The highest BCUT2D eigenvalue weighted by molar-refractivity contribution is 5.77. The zero-order chi connectivity index (χ0) is 17.1. The number of aromatic nitrogens is 1. The molecular weight excluding hydrogens is 304 g/mol. The monoisotopic (exact) mass is 334 g/mol. The van der Waals surface area contributed by atoms with E-state index in [2.05, 4.69) is 28.6 Å². The van der Waals surface area contributed by atoms with Gasteiger partial charge in [-0.3, -0.25) is 9.69 Å². The van der Waals surface area contributed by atoms with E-state index in [9.17, 15) is 4.79 Å². The quantitative estimate of drug-likeness (QED) is 0.861. The fourth-order valence-corrected chi connectivity index (χ4v) is 4.01. The summed E-state index contributed by atoms with van der Waals surface area (Å²) >= 11 is 0. The highest BCUT2D eigenvalue weighted by Gasteiger charge is 2.38. The van der Waals surface area contributed by atoms with E-state index in [1.165, 1.54) is 0 Å². The van der Waals surface area contributed by atoms with Crippen LogP contribution < -0.4 is 5.73 Å². The number of hydrogen-bond donors (Lipinski definition) is 1. The van der Waals surface area contributed by atoms with Crippen molar-refractivity contribution < 1.29 is 9.21 Å². The lowest BCUT2D eigenvalue weighted by Gasteiger charge is -2.47. The van der Waals surface area contributed by atoms with Gasteiger partial charge in [-0.05, 0) is 31.7 Å². The molecule has 24 heavy (non-hydrogen) atoms. The van der Waals surface area contributed by atoms with Crippen molar-refractivity contribution in [3.63, 3.8) is 0 Å². The first kappa shape index (κ1) is 17.4. The molecule has 0 aliphatic carbocycles. The molecule has 2 fully saturated rings. The summed E-state index contributed by atoms with van der Waals surface area (Å²) < 4.78 is 5.55. The number of nitrogens with zero attached hydrogens (tertiary/aromatic N) is 3. The average molecular weight is 334 g/mol. The number of rotatable bonds is 6. The van der Waals surface area contributed by atoms with Crippen LogP contribution in [0.1, 0.15) is 57.0 Å². The van der Waals surface area contributed by atoms with E-state index < -0.39 is 0 Å². The van der Waals surface area contributed by atoms with Crippen LogP contribution in [0.2, 0.25) is 0 Å². The Balaban J connectivity index is 1.58. The third-order valence-electron chi connectivity index (χ3n) is 5.28. The number of hydrogen-bond acceptors (Lipinski definition) is 5. The smallest absolute Gasteiger partial charge is 0.222 e. The van der Waals surface area contributed by atoms with Crippen molar-refractivity contribution in [2.45, 2.75) is 58.0 Å². The summed E-state index contributed by atoms with van der Waals surface area (Å²) in [6.07, 6.45) is 5.43. The predicted octanol–water partition coefficient (Wildman–Crippen LogP) is 1.96. The summed E-state index contributed by atoms with van der Waals surface area (Å²) in [5.41, 5.74) is 6.65. The molecule has 0 unspecified atom stereocenters. The number of carbonyl (C=O) groups is 1. The van der Waals surface area contributed by atoms with E-state index in [-0.39, 0.29) is 0 Å². The number of amides is 1. The number of piperidine rings is 2. The maximum Gasteiger partial charge on any atom is 0.222 e. The molecule has 2 N–H and O–H groups in total. The maximum atomic E-state index is 12.2. The summed E-state index contributed by atoms with van der Waals surface area (Å²) in [7, 11) is 0. The van der Waals surface area contributed by atoms with Gasteiger partial charge < -0.3 is 15.1 Å². The van der Waals surface area contributed by atoms with Gasteiger partial charge in [-0.25, -0.2) is 4.98 Å². The molecule has 2 saturated heterocycles. The number of likely N-dealkylation sites (tertiary alicyclic amines) is 2. The van der Waals surface area contributed by atoms with E-state index in [0.717, 1.165) is 57.0 Å². The molecule has 0 aromatic carbocycles. The van der Waals surface area contributed by atoms with Crippen molar-refractivity contribution in [1.82, 2.24) is 14.8 Å². The molecule has 0 radical (unpaired) electrons. The largest absolute Gasteiger partial charge is 0.448 e. The molecule has 2 aliphatic rings. The van der Waals surface area contributed by atoms with Gasteiger partial charge in [-0.1, -0.05) is 13.8 Å². The van der Waals surface area contributed by atoms with Crippen LogP contribution in [0.4, 0.5) is 0 Å². The topological polar surface area (TPSA) is 75.6 Å². The van der Waals surface area contributed by atoms with E-state index in [4.69, 9.17) is 10.2 Å². The highest BCUT2D eigenvalue weighted by atomic mass is 16.3. The zero-order valence-corrected chi connectivity index (χ0v) is 14.9. The van der Waals surface area contributed by atoms with Crippen LogP contribution in [0.3, 0.4) is 0 Å². The summed E-state index contributed by atoms with van der Waals surface area (Å²) in [4.78, 5) is 21.4. The van der Waals surface area contributed by atoms with Crippen LogP contribution in [0.5, 0.6) is 0 Å². The van der Waals surface area contributed by atoms with E-state index >= 15 is 0 Å². The van der Waals surface area contributed by atoms with Crippen LogP contribution in [-0.2, 0) is 11.3 Å². The molecule has 3 heterocycles. The van der Waals surface area contributed by atoms with Gasteiger partial charge in [0.25, 0.3) is 0 Å². The molecule has 3 rings (SSSR count). The van der Waals surface area contributed by atoms with Gasteiger partial charge in [0.1, 0.15) is 6.26 Å². The Morgan fingerprint density at radius 1 is 1.42 bits per heavy atom. The van der Waals surface area contributed by atoms with Gasteiger partial charge in [0, 0.05) is 44.6 Å². The molecule has 0 spiro atoms. The van der Waals surface area contributed by atoms with E-state index in [1.807, 2.05) is 0 Å². The highest BCUT2D eigenvalue weighted by Crippen LogP contribution is 2.32. The Kier molecular flexibility index (Phi) is 5.56. The van der Waals surface area contributed by atoms with Crippen molar-refractivity contribution in [2.75, 3.05) is 26.2 Å². The standard InChI is InChI=1S/C18H30N4O2/c1-13(2)18-20-15(12-24-18)11-21-9-6-16-14(10-21)4-5-17(23)22(16)8-3-7-19/h12-14,16H,3-11,19H2,1-2H3/t14-,16+/m0/s1. The summed E-state index contributed by atoms with van der Waals surface area (Å²) in [6, 6.07) is 0.401. The molecule has 134 valence electrons. The second-order valence-electron chi connectivity index (χ2n) is 7.45. The zero-order valence-electron chi connectivity index (χ0n) is 14.9. The van der Waals surface area contributed by atoms with Gasteiger partial charge >= 0.3 is 0 Å². The summed E-state index contributed by atoms with van der Waals surface area (Å²) in [5, 5.41) is 0. The lowest BCUT2D eigenvalue weighted by Crippen LogP contribution is -2.56. The Labute approximate surface area is 144 Å². The number of oxazole rings is 1. The second-order valence-corrected chi connectivity index (χ2v) is 7.45. The Hall–Kier alpha value is -1.40. The molecule has 6 nitrogen and oxygen atoms in total. The third-order valence-corrected chi connectivity index (χ3v) is 5.28. The number of fused-ring (bicyclic) bond motifs is 1. The van der Waals surface area contributed by atoms with Gasteiger partial charge in [0.15, 0.2) is 5.89 Å². The fraction of sp³-hybridized carbons (Fsp3) is 0.778. The Morgan fingerprint density at radius 3 is 2.96 bits per heavy atom. The Bertz CT molecular complexity index is 557. The number of carbonyl (C=O) groups excluding carboxylic acids is 1. The molecule has 6 heteroatoms. The maximum absolute atomic E-state index is 12.2. The first-order valence-corrected chi connectivity index (χ1v) is 9.24. The minimum Gasteiger partial charge on any atom is -0.448 e. The molecule has 1 aromatic rings. The van der Waals surface area contributed by atoms with Crippen molar-refractivity contribution in [3.8, 4) is 0 Å². The molecule has 0 bridgehead atoms. The van der Waals surface area contributed by atoms with Crippen LogP contribution in [-0.4, -0.2) is 52.9 Å². The second kappa shape index (κ2) is 7.66. The van der Waals surface area contributed by atoms with Crippen molar-refractivity contribution in [2.24, 2.45) is 11.7 Å². The van der Waals surface area contributed by atoms with Gasteiger partial charge in [-0.2, -0.15) is 0 Å². The molecule has 1 aromatic heterocycles. The van der Waals surface area contributed by atoms with Crippen molar-refractivity contribution in [3.05, 3.63) is 17.8 Å². The Morgan fingerprint density at radius 2 is 2.25 bits per heavy atom. The number of nitrogens with two attached hydrogens (primary N) is 1. The molecule has 2 aliphatic heterocycles. The van der Waals surface area contributed by atoms with Crippen molar-refractivity contribution in [1.29, 1.82) is 0 Å². The molecule has 0 saturated carbocycles. The predicted molar refractivity (Wildman–Crippen MR) is 92.4 cm³/mol. The van der Waals surface area contributed by atoms with Gasteiger partial charge in [0.05, 0.1) is 5.69 Å². The molecular formula is C18H30N4O2. The molecule has 1 amide bonds. The SMILES string of the molecule is CC(C)c1nc(CN2CC[C@@H]3[C@@H](CCC(=O)N3CCCN)C2)co1. The summed E-state index contributed by atoms with van der Waals surface area (Å²) in [5.74, 6) is 2.03. The van der Waals surface area contributed by atoms with Gasteiger partial charge in [-0.15, -0.1) is 0 Å². The minimum absolute atomic E-state index is 0.316.